The maximum atomic E-state index is 12.7. The summed E-state index contributed by atoms with van der Waals surface area (Å²) in [5.74, 6) is 0.460. The molecule has 0 heterocycles. The summed E-state index contributed by atoms with van der Waals surface area (Å²) in [4.78, 5) is 12.7. The van der Waals surface area contributed by atoms with Gasteiger partial charge < -0.3 is 9.84 Å². The van der Waals surface area contributed by atoms with Crippen LogP contribution in [-0.2, 0) is 6.42 Å². The van der Waals surface area contributed by atoms with Gasteiger partial charge in [0.05, 0.1) is 12.7 Å². The van der Waals surface area contributed by atoms with Gasteiger partial charge in [0.2, 0.25) is 0 Å². The molecule has 0 saturated heterocycles. The molecule has 0 fully saturated rings. The van der Waals surface area contributed by atoms with E-state index in [-0.39, 0.29) is 10.8 Å². The summed E-state index contributed by atoms with van der Waals surface area (Å²) in [6, 6.07) is 14.5. The van der Waals surface area contributed by atoms with Gasteiger partial charge in [0, 0.05) is 12.0 Å². The van der Waals surface area contributed by atoms with Gasteiger partial charge in [0.15, 0.2) is 10.8 Å². The molecule has 108 valence electrons. The summed E-state index contributed by atoms with van der Waals surface area (Å²) in [6.45, 7) is 0. The number of methoxy groups -OCH3 is 1. The zero-order valence-corrected chi connectivity index (χ0v) is 12.5. The van der Waals surface area contributed by atoms with Gasteiger partial charge >= 0.3 is 0 Å². The average Bonchev–Trinajstić information content (AvgIpc) is 2.52. The minimum absolute atomic E-state index is 0.0467. The summed E-state index contributed by atoms with van der Waals surface area (Å²) in [6.07, 6.45) is 0.901. The largest absolute Gasteiger partial charge is 0.502 e. The summed E-state index contributed by atoms with van der Waals surface area (Å²) >= 11 is 4.69. The number of aliphatic hydroxyl groups is 1. The van der Waals surface area contributed by atoms with Crippen molar-refractivity contribution in [3.05, 3.63) is 65.2 Å². The predicted octanol–water partition coefficient (Wildman–Crippen LogP) is 3.74. The molecule has 0 amide bonds. The topological polar surface area (TPSA) is 46.5 Å². The van der Waals surface area contributed by atoms with Crippen LogP contribution in [0.5, 0.6) is 5.75 Å². The van der Waals surface area contributed by atoms with Gasteiger partial charge in [-0.15, -0.1) is 0 Å². The van der Waals surface area contributed by atoms with E-state index in [2.05, 4.69) is 12.2 Å². The highest BCUT2D eigenvalue weighted by molar-refractivity contribution is 7.80. The van der Waals surface area contributed by atoms with E-state index in [1.807, 2.05) is 24.3 Å². The smallest absolute Gasteiger partial charge is 0.197 e. The molecule has 1 N–H and O–H groups in total. The SMILES string of the molecule is COc1ccccc1C(=O)c1ccccc1CCC(O)=S. The van der Waals surface area contributed by atoms with Crippen molar-refractivity contribution in [3.63, 3.8) is 0 Å². The number of carbonyl (C=O) groups is 1. The van der Waals surface area contributed by atoms with Crippen LogP contribution in [0.4, 0.5) is 0 Å². The Morgan fingerprint density at radius 2 is 1.71 bits per heavy atom. The second-order valence-electron chi connectivity index (χ2n) is 4.58. The quantitative estimate of drug-likeness (QED) is 0.652. The first-order valence-corrected chi connectivity index (χ1v) is 7.01. The second kappa shape index (κ2) is 6.99. The van der Waals surface area contributed by atoms with E-state index in [0.29, 0.717) is 29.7 Å². The average molecular weight is 300 g/mol. The highest BCUT2D eigenvalue weighted by Crippen LogP contribution is 2.23. The van der Waals surface area contributed by atoms with Crippen LogP contribution in [0.1, 0.15) is 27.9 Å². The Morgan fingerprint density at radius 3 is 2.38 bits per heavy atom. The lowest BCUT2D eigenvalue weighted by atomic mass is 9.95. The predicted molar refractivity (Wildman–Crippen MR) is 86.4 cm³/mol. The van der Waals surface area contributed by atoms with Gasteiger partial charge in [-0.3, -0.25) is 4.79 Å². The Kier molecular flexibility index (Phi) is 5.06. The van der Waals surface area contributed by atoms with Crippen molar-refractivity contribution in [1.82, 2.24) is 0 Å². The molecule has 0 spiro atoms. The van der Waals surface area contributed by atoms with E-state index in [4.69, 9.17) is 9.84 Å². The van der Waals surface area contributed by atoms with Crippen LogP contribution in [0.2, 0.25) is 0 Å². The Morgan fingerprint density at radius 1 is 1.10 bits per heavy atom. The molecular weight excluding hydrogens is 284 g/mol. The Balaban J connectivity index is 2.37. The molecule has 0 aliphatic heterocycles. The van der Waals surface area contributed by atoms with Crippen LogP contribution in [0.25, 0.3) is 0 Å². The normalized spacial score (nSPS) is 10.1. The lowest BCUT2D eigenvalue weighted by Crippen LogP contribution is -2.08. The zero-order chi connectivity index (χ0) is 15.2. The number of hydrogen-bond acceptors (Lipinski definition) is 3. The van der Waals surface area contributed by atoms with E-state index in [1.54, 1.807) is 31.4 Å². The van der Waals surface area contributed by atoms with Crippen molar-refractivity contribution in [2.45, 2.75) is 12.8 Å². The number of carbonyl (C=O) groups excluding carboxylic acids is 1. The first-order chi connectivity index (χ1) is 10.1. The van der Waals surface area contributed by atoms with Gasteiger partial charge in [-0.25, -0.2) is 0 Å². The van der Waals surface area contributed by atoms with Crippen molar-refractivity contribution in [1.29, 1.82) is 0 Å². The first kappa shape index (κ1) is 15.2. The number of hydrogen-bond donors (Lipinski definition) is 1. The molecule has 0 radical (unpaired) electrons. The van der Waals surface area contributed by atoms with Gasteiger partial charge in [-0.05, 0) is 36.3 Å². The first-order valence-electron chi connectivity index (χ1n) is 6.61. The van der Waals surface area contributed by atoms with Crippen LogP contribution in [0.15, 0.2) is 48.5 Å². The zero-order valence-electron chi connectivity index (χ0n) is 11.7. The molecule has 0 unspecified atom stereocenters. The number of ether oxygens (including phenoxy) is 1. The van der Waals surface area contributed by atoms with Crippen molar-refractivity contribution < 1.29 is 14.6 Å². The van der Waals surface area contributed by atoms with Gasteiger partial charge in [-0.2, -0.15) is 0 Å². The molecule has 3 nitrogen and oxygen atoms in total. The molecule has 4 heteroatoms. The lowest BCUT2D eigenvalue weighted by molar-refractivity contribution is 0.103. The van der Waals surface area contributed by atoms with Crippen LogP contribution < -0.4 is 4.74 Å². The minimum Gasteiger partial charge on any atom is -0.502 e. The van der Waals surface area contributed by atoms with E-state index in [1.165, 1.54) is 0 Å². The summed E-state index contributed by atoms with van der Waals surface area (Å²) < 4.78 is 5.24. The van der Waals surface area contributed by atoms with E-state index < -0.39 is 0 Å². The maximum absolute atomic E-state index is 12.7. The highest BCUT2D eigenvalue weighted by Gasteiger charge is 2.16. The minimum atomic E-state index is -0.0908. The standard InChI is InChI=1S/C17H16O3S/c1-20-15-9-5-4-8-14(15)17(19)13-7-3-2-6-12(13)10-11-16(18)21/h2-9H,10-11H2,1H3,(H,18,21). The third-order valence-corrected chi connectivity index (χ3v) is 3.43. The number of thiocarbonyl (C=S) groups is 1. The van der Waals surface area contributed by atoms with Crippen LogP contribution in [0, 0.1) is 0 Å². The molecule has 2 aromatic carbocycles. The molecule has 0 aliphatic rings. The molecule has 0 aromatic heterocycles. The number of aryl methyl sites for hydroxylation is 1. The highest BCUT2D eigenvalue weighted by atomic mass is 32.1. The van der Waals surface area contributed by atoms with Gasteiger partial charge in [0.25, 0.3) is 0 Å². The van der Waals surface area contributed by atoms with E-state index >= 15 is 0 Å². The van der Waals surface area contributed by atoms with Crippen molar-refractivity contribution in [2.24, 2.45) is 0 Å². The van der Waals surface area contributed by atoms with Crippen molar-refractivity contribution in [3.8, 4) is 5.75 Å². The molecule has 0 saturated carbocycles. The summed E-state index contributed by atoms with van der Waals surface area (Å²) in [7, 11) is 1.54. The lowest BCUT2D eigenvalue weighted by Gasteiger charge is -2.11. The fraction of sp³-hybridized carbons (Fsp3) is 0.176. The molecule has 0 bridgehead atoms. The number of aliphatic hydroxyl groups excluding tert-OH is 1. The molecule has 0 aliphatic carbocycles. The van der Waals surface area contributed by atoms with Gasteiger partial charge in [0.1, 0.15) is 5.75 Å². The molecule has 0 atom stereocenters. The Bertz CT molecular complexity index is 665. The molecule has 21 heavy (non-hydrogen) atoms. The molecule has 2 aromatic rings. The Labute approximate surface area is 129 Å². The number of rotatable bonds is 6. The van der Waals surface area contributed by atoms with Crippen molar-refractivity contribution >= 4 is 23.1 Å². The van der Waals surface area contributed by atoms with Crippen LogP contribution in [-0.4, -0.2) is 23.1 Å². The monoisotopic (exact) mass is 300 g/mol. The second-order valence-corrected chi connectivity index (χ2v) is 5.05. The van der Waals surface area contributed by atoms with E-state index in [0.717, 1.165) is 5.56 Å². The fourth-order valence-electron chi connectivity index (χ4n) is 2.18. The number of benzene rings is 2. The molecular formula is C17H16O3S. The van der Waals surface area contributed by atoms with Crippen molar-refractivity contribution in [2.75, 3.05) is 7.11 Å². The number of para-hydroxylation sites is 1. The molecule has 2 rings (SSSR count). The summed E-state index contributed by atoms with van der Waals surface area (Å²) in [5.41, 5.74) is 2.00. The Hall–Kier alpha value is -2.20. The van der Waals surface area contributed by atoms with E-state index in [9.17, 15) is 4.79 Å². The summed E-state index contributed by atoms with van der Waals surface area (Å²) in [5, 5.41) is 9.12. The fourth-order valence-corrected chi connectivity index (χ4v) is 2.28. The van der Waals surface area contributed by atoms with Crippen LogP contribution >= 0.6 is 12.2 Å². The number of ketones is 1. The van der Waals surface area contributed by atoms with Gasteiger partial charge in [-0.1, -0.05) is 36.4 Å². The third-order valence-electron chi connectivity index (χ3n) is 3.22. The third kappa shape index (κ3) is 3.67. The maximum Gasteiger partial charge on any atom is 0.197 e. The van der Waals surface area contributed by atoms with Crippen LogP contribution in [0.3, 0.4) is 0 Å².